The first kappa shape index (κ1) is 19.5. The van der Waals surface area contributed by atoms with Crippen LogP contribution in [-0.2, 0) is 4.79 Å². The Morgan fingerprint density at radius 2 is 1.90 bits per heavy atom. The number of aliphatic hydroxyl groups excluding tert-OH is 1. The summed E-state index contributed by atoms with van der Waals surface area (Å²) in [5.41, 5.74) is 1.96. The predicted octanol–water partition coefficient (Wildman–Crippen LogP) is 4.81. The average molecular weight is 426 g/mol. The van der Waals surface area contributed by atoms with Crippen LogP contribution in [0.5, 0.6) is 0 Å². The largest absolute Gasteiger partial charge is 0.503 e. The number of aryl methyl sites for hydroxylation is 1. The van der Waals surface area contributed by atoms with Gasteiger partial charge in [-0.1, -0.05) is 55.5 Å². The zero-order chi connectivity index (χ0) is 20.7. The summed E-state index contributed by atoms with van der Waals surface area (Å²) in [4.78, 5) is 28.0. The molecule has 3 aromatic rings. The Hall–Kier alpha value is -2.84. The maximum Gasteiger partial charge on any atom is 0.296 e. The molecule has 0 spiro atoms. The van der Waals surface area contributed by atoms with Crippen LogP contribution in [0.15, 0.2) is 53.1 Å². The monoisotopic (exact) mass is 425 g/mol. The van der Waals surface area contributed by atoms with Crippen molar-refractivity contribution < 1.29 is 14.7 Å². The van der Waals surface area contributed by atoms with Crippen LogP contribution >= 0.6 is 22.7 Å². The number of anilines is 1. The molecule has 1 atom stereocenters. The molecule has 1 amide bonds. The topological polar surface area (TPSA) is 83.4 Å². The molecule has 0 saturated heterocycles. The molecule has 1 unspecified atom stereocenters. The van der Waals surface area contributed by atoms with Crippen LogP contribution in [0.25, 0.3) is 0 Å². The van der Waals surface area contributed by atoms with Crippen molar-refractivity contribution in [2.45, 2.75) is 32.7 Å². The second-order valence-electron chi connectivity index (χ2n) is 7.07. The summed E-state index contributed by atoms with van der Waals surface area (Å²) >= 11 is 2.52. The predicted molar refractivity (Wildman–Crippen MR) is 114 cm³/mol. The molecule has 0 bridgehead atoms. The SMILES string of the molecule is Cc1nnc(N2C(=O)C(O)=C(C(=O)c3cccs3)C2c2ccc(C(C)C)cc2)s1. The molecule has 4 rings (SSSR count). The van der Waals surface area contributed by atoms with Crippen LogP contribution < -0.4 is 4.90 Å². The van der Waals surface area contributed by atoms with Crippen LogP contribution in [0.3, 0.4) is 0 Å². The van der Waals surface area contributed by atoms with Gasteiger partial charge in [-0.2, -0.15) is 0 Å². The van der Waals surface area contributed by atoms with Gasteiger partial charge in [-0.25, -0.2) is 0 Å². The summed E-state index contributed by atoms with van der Waals surface area (Å²) < 4.78 is 0. The lowest BCUT2D eigenvalue weighted by Crippen LogP contribution is -2.31. The minimum absolute atomic E-state index is 0.0719. The smallest absolute Gasteiger partial charge is 0.296 e. The average Bonchev–Trinajstić information content (AvgIpc) is 3.43. The lowest BCUT2D eigenvalue weighted by atomic mass is 9.93. The van der Waals surface area contributed by atoms with E-state index in [9.17, 15) is 14.7 Å². The summed E-state index contributed by atoms with van der Waals surface area (Å²) in [5, 5.41) is 21.6. The molecule has 0 radical (unpaired) electrons. The third-order valence-corrected chi connectivity index (χ3v) is 6.54. The van der Waals surface area contributed by atoms with Crippen LogP contribution in [0.2, 0.25) is 0 Å². The third kappa shape index (κ3) is 3.38. The number of carbonyl (C=O) groups excluding carboxylic acids is 2. The van der Waals surface area contributed by atoms with Gasteiger partial charge in [0.05, 0.1) is 16.5 Å². The molecular weight excluding hydrogens is 406 g/mol. The zero-order valence-corrected chi connectivity index (χ0v) is 17.8. The Balaban J connectivity index is 1.85. The van der Waals surface area contributed by atoms with E-state index in [0.29, 0.717) is 20.9 Å². The van der Waals surface area contributed by atoms with Gasteiger partial charge in [0.2, 0.25) is 10.9 Å². The van der Waals surface area contributed by atoms with Gasteiger partial charge in [-0.05, 0) is 35.4 Å². The molecular formula is C21H19N3O3S2. The number of amides is 1. The van der Waals surface area contributed by atoms with Gasteiger partial charge in [-0.15, -0.1) is 21.5 Å². The molecule has 0 saturated carbocycles. The third-order valence-electron chi connectivity index (χ3n) is 4.84. The fourth-order valence-corrected chi connectivity index (χ4v) is 4.73. The number of ketones is 1. The Bertz CT molecular complexity index is 1100. The highest BCUT2D eigenvalue weighted by Crippen LogP contribution is 2.43. The highest BCUT2D eigenvalue weighted by Gasteiger charge is 2.46. The first-order chi connectivity index (χ1) is 13.9. The molecule has 6 nitrogen and oxygen atoms in total. The Morgan fingerprint density at radius 1 is 1.17 bits per heavy atom. The van der Waals surface area contributed by atoms with Gasteiger partial charge in [-0.3, -0.25) is 14.5 Å². The van der Waals surface area contributed by atoms with Gasteiger partial charge < -0.3 is 5.11 Å². The molecule has 8 heteroatoms. The van der Waals surface area contributed by atoms with Gasteiger partial charge >= 0.3 is 0 Å². The molecule has 0 fully saturated rings. The highest BCUT2D eigenvalue weighted by atomic mass is 32.1. The second kappa shape index (κ2) is 7.53. The first-order valence-electron chi connectivity index (χ1n) is 9.13. The highest BCUT2D eigenvalue weighted by molar-refractivity contribution is 7.15. The van der Waals surface area contributed by atoms with Crippen molar-refractivity contribution >= 4 is 39.5 Å². The molecule has 1 aliphatic heterocycles. The number of nitrogens with zero attached hydrogens (tertiary/aromatic N) is 3. The van der Waals surface area contributed by atoms with E-state index in [1.807, 2.05) is 24.3 Å². The van der Waals surface area contributed by atoms with E-state index in [-0.39, 0.29) is 11.4 Å². The minimum atomic E-state index is -0.759. The Kier molecular flexibility index (Phi) is 5.06. The van der Waals surface area contributed by atoms with Crippen LogP contribution in [0.4, 0.5) is 5.13 Å². The molecule has 2 aromatic heterocycles. The molecule has 148 valence electrons. The number of thiophene rings is 1. The number of rotatable bonds is 5. The number of carbonyl (C=O) groups is 2. The normalized spacial score (nSPS) is 16.9. The van der Waals surface area contributed by atoms with E-state index in [1.165, 1.54) is 27.6 Å². The minimum Gasteiger partial charge on any atom is -0.503 e. The van der Waals surface area contributed by atoms with Crippen molar-refractivity contribution in [1.29, 1.82) is 0 Å². The van der Waals surface area contributed by atoms with Gasteiger partial charge in [0.1, 0.15) is 5.01 Å². The number of hydrogen-bond acceptors (Lipinski definition) is 7. The lowest BCUT2D eigenvalue weighted by molar-refractivity contribution is -0.117. The van der Waals surface area contributed by atoms with Crippen molar-refractivity contribution in [2.24, 2.45) is 0 Å². The number of benzene rings is 1. The van der Waals surface area contributed by atoms with E-state index in [2.05, 4.69) is 24.0 Å². The number of Topliss-reactive ketones (excluding diaryl/α,β-unsaturated/α-hetero) is 1. The first-order valence-corrected chi connectivity index (χ1v) is 10.8. The maximum absolute atomic E-state index is 13.2. The van der Waals surface area contributed by atoms with E-state index in [0.717, 1.165) is 11.1 Å². The molecule has 1 aromatic carbocycles. The fraction of sp³-hybridized carbons (Fsp3) is 0.238. The van der Waals surface area contributed by atoms with E-state index in [4.69, 9.17) is 0 Å². The van der Waals surface area contributed by atoms with Gasteiger partial charge in [0.25, 0.3) is 5.91 Å². The van der Waals surface area contributed by atoms with Crippen molar-refractivity contribution in [3.8, 4) is 0 Å². The number of hydrogen-bond donors (Lipinski definition) is 1. The van der Waals surface area contributed by atoms with Crippen molar-refractivity contribution in [1.82, 2.24) is 10.2 Å². The zero-order valence-electron chi connectivity index (χ0n) is 16.1. The molecule has 1 N–H and O–H groups in total. The quantitative estimate of drug-likeness (QED) is 0.593. The molecule has 29 heavy (non-hydrogen) atoms. The van der Waals surface area contributed by atoms with Gasteiger partial charge in [0, 0.05) is 0 Å². The van der Waals surface area contributed by atoms with Gasteiger partial charge in [0.15, 0.2) is 5.76 Å². The van der Waals surface area contributed by atoms with Crippen LogP contribution in [0.1, 0.15) is 51.6 Å². The maximum atomic E-state index is 13.2. The summed E-state index contributed by atoms with van der Waals surface area (Å²) in [6.07, 6.45) is 0. The molecule has 1 aliphatic rings. The van der Waals surface area contributed by atoms with Crippen LogP contribution in [-0.4, -0.2) is 27.0 Å². The van der Waals surface area contributed by atoms with E-state index < -0.39 is 17.7 Å². The summed E-state index contributed by atoms with van der Waals surface area (Å²) in [5.74, 6) is -1.17. The van der Waals surface area contributed by atoms with Crippen molar-refractivity contribution in [2.75, 3.05) is 4.90 Å². The van der Waals surface area contributed by atoms with E-state index >= 15 is 0 Å². The van der Waals surface area contributed by atoms with Crippen molar-refractivity contribution in [3.05, 3.63) is 74.1 Å². The van der Waals surface area contributed by atoms with Crippen LogP contribution in [0, 0.1) is 6.92 Å². The van der Waals surface area contributed by atoms with Crippen molar-refractivity contribution in [3.63, 3.8) is 0 Å². The Morgan fingerprint density at radius 3 is 2.45 bits per heavy atom. The Labute approximate surface area is 176 Å². The molecule has 0 aliphatic carbocycles. The molecule has 3 heterocycles. The number of aliphatic hydroxyl groups is 1. The lowest BCUT2D eigenvalue weighted by Gasteiger charge is -2.24. The second-order valence-corrected chi connectivity index (χ2v) is 9.18. The summed E-state index contributed by atoms with van der Waals surface area (Å²) in [6.45, 7) is 5.99. The number of aromatic nitrogens is 2. The summed E-state index contributed by atoms with van der Waals surface area (Å²) in [6, 6.07) is 10.5. The summed E-state index contributed by atoms with van der Waals surface area (Å²) in [7, 11) is 0. The fourth-order valence-electron chi connectivity index (χ4n) is 3.34. The van der Waals surface area contributed by atoms with E-state index in [1.54, 1.807) is 24.4 Å². The standard InChI is InChI=1S/C21H19N3O3S2/c1-11(2)13-6-8-14(9-7-13)17-16(18(25)15-5-4-10-28-15)19(26)20(27)24(17)21-23-22-12(3)29-21/h4-11,17,26H,1-3H3.